The van der Waals surface area contributed by atoms with Gasteiger partial charge >= 0.3 is 0 Å². The van der Waals surface area contributed by atoms with E-state index in [1.54, 1.807) is 33.1 Å². The van der Waals surface area contributed by atoms with Crippen LogP contribution in [0.2, 0.25) is 0 Å². The summed E-state index contributed by atoms with van der Waals surface area (Å²) in [5, 5.41) is 47.6. The number of hydrogen-bond acceptors (Lipinski definition) is 11. The Labute approximate surface area is 224 Å². The minimum atomic E-state index is -2.74. The number of nitrogens with two attached hydrogens (primary N) is 2. The van der Waals surface area contributed by atoms with Crippen molar-refractivity contribution in [3.8, 4) is 5.75 Å². The van der Waals surface area contributed by atoms with Crippen LogP contribution in [-0.2, 0) is 16.0 Å². The van der Waals surface area contributed by atoms with Crippen LogP contribution >= 0.6 is 0 Å². The minimum absolute atomic E-state index is 0.0296. The number of carbonyl (C=O) groups excluding carboxylic acids is 4. The van der Waals surface area contributed by atoms with Crippen LogP contribution in [0.25, 0.3) is 0 Å². The SMILES string of the molecule is CN(C)c1cc(C(=O)NCCN)c(O)c2c1C[C@H]1C[C@H]3[C@H](N(C)C)C(O)=C(C(N)=O)C(=O)[C@@]3(O)C(O)=C1C2=O. The number of fused-ring (bicyclic) bond motifs is 3. The fourth-order valence-corrected chi connectivity index (χ4v) is 6.15. The molecule has 3 aliphatic carbocycles. The van der Waals surface area contributed by atoms with E-state index in [0.29, 0.717) is 11.3 Å². The maximum atomic E-state index is 13.9. The zero-order chi connectivity index (χ0) is 29.1. The van der Waals surface area contributed by atoms with Gasteiger partial charge in [0.05, 0.1) is 17.2 Å². The predicted molar refractivity (Wildman–Crippen MR) is 139 cm³/mol. The summed E-state index contributed by atoms with van der Waals surface area (Å²) < 4.78 is 0. The highest BCUT2D eigenvalue weighted by Gasteiger charge is 2.63. The second-order valence-corrected chi connectivity index (χ2v) is 10.5. The van der Waals surface area contributed by atoms with Gasteiger partial charge in [0.15, 0.2) is 11.4 Å². The maximum Gasteiger partial charge on any atom is 0.255 e. The molecule has 4 rings (SSSR count). The molecule has 4 atom stereocenters. The number of phenolic OH excluding ortho intramolecular Hbond substituents is 1. The van der Waals surface area contributed by atoms with Crippen molar-refractivity contribution in [1.29, 1.82) is 0 Å². The molecule has 1 aromatic rings. The highest BCUT2D eigenvalue weighted by molar-refractivity contribution is 6.25. The van der Waals surface area contributed by atoms with Gasteiger partial charge in [-0.3, -0.25) is 24.1 Å². The van der Waals surface area contributed by atoms with Crippen molar-refractivity contribution in [2.75, 3.05) is 46.2 Å². The van der Waals surface area contributed by atoms with Gasteiger partial charge in [0.1, 0.15) is 22.8 Å². The third kappa shape index (κ3) is 3.96. The average molecular weight is 544 g/mol. The molecule has 39 heavy (non-hydrogen) atoms. The number of hydrogen-bond donors (Lipinski definition) is 7. The summed E-state index contributed by atoms with van der Waals surface area (Å²) in [6.45, 7) is 0.277. The molecule has 0 radical (unpaired) electrons. The third-order valence-corrected chi connectivity index (χ3v) is 7.86. The first-order chi connectivity index (χ1) is 18.2. The van der Waals surface area contributed by atoms with E-state index in [1.165, 1.54) is 11.0 Å². The first-order valence-corrected chi connectivity index (χ1v) is 12.4. The van der Waals surface area contributed by atoms with Crippen LogP contribution in [-0.4, -0.2) is 102 Å². The molecule has 0 bridgehead atoms. The van der Waals surface area contributed by atoms with E-state index in [9.17, 15) is 39.6 Å². The van der Waals surface area contributed by atoms with Gasteiger partial charge in [-0.25, -0.2) is 0 Å². The summed E-state index contributed by atoms with van der Waals surface area (Å²) in [5.74, 6) is -8.19. The Morgan fingerprint density at radius 1 is 1.15 bits per heavy atom. The Morgan fingerprint density at radius 3 is 2.33 bits per heavy atom. The van der Waals surface area contributed by atoms with Gasteiger partial charge in [0.2, 0.25) is 5.78 Å². The van der Waals surface area contributed by atoms with Gasteiger partial charge in [-0.1, -0.05) is 0 Å². The lowest BCUT2D eigenvalue weighted by Crippen LogP contribution is -2.63. The lowest BCUT2D eigenvalue weighted by molar-refractivity contribution is -0.148. The molecule has 3 aliphatic rings. The third-order valence-electron chi connectivity index (χ3n) is 7.86. The molecular weight excluding hydrogens is 510 g/mol. The minimum Gasteiger partial charge on any atom is -0.510 e. The largest absolute Gasteiger partial charge is 0.510 e. The number of benzene rings is 1. The van der Waals surface area contributed by atoms with E-state index in [1.807, 2.05) is 0 Å². The molecule has 0 saturated heterocycles. The van der Waals surface area contributed by atoms with Gasteiger partial charge in [-0.2, -0.15) is 0 Å². The molecule has 1 aromatic carbocycles. The van der Waals surface area contributed by atoms with Crippen LogP contribution in [0, 0.1) is 11.8 Å². The average Bonchev–Trinajstić information content (AvgIpc) is 2.84. The number of primary amides is 1. The summed E-state index contributed by atoms with van der Waals surface area (Å²) in [6.07, 6.45) is 0.0818. The Bertz CT molecular complexity index is 1360. The molecule has 0 aromatic heterocycles. The van der Waals surface area contributed by atoms with Crippen LogP contribution < -0.4 is 21.7 Å². The van der Waals surface area contributed by atoms with Gasteiger partial charge in [-0.05, 0) is 44.5 Å². The quantitative estimate of drug-likeness (QED) is 0.213. The maximum absolute atomic E-state index is 13.9. The summed E-state index contributed by atoms with van der Waals surface area (Å²) in [5.41, 5.74) is 7.38. The smallest absolute Gasteiger partial charge is 0.255 e. The fourth-order valence-electron chi connectivity index (χ4n) is 6.15. The number of carbonyl (C=O) groups is 4. The number of phenols is 1. The number of aliphatic hydroxyl groups excluding tert-OH is 2. The van der Waals surface area contributed by atoms with Crippen molar-refractivity contribution in [2.45, 2.75) is 24.5 Å². The zero-order valence-corrected chi connectivity index (χ0v) is 22.1. The highest BCUT2D eigenvalue weighted by atomic mass is 16.3. The Morgan fingerprint density at radius 2 is 1.79 bits per heavy atom. The van der Waals surface area contributed by atoms with E-state index in [-0.39, 0.29) is 42.6 Å². The monoisotopic (exact) mass is 543 g/mol. The Kier molecular flexibility index (Phi) is 6.96. The molecule has 2 amide bonds. The summed E-state index contributed by atoms with van der Waals surface area (Å²) in [4.78, 5) is 55.4. The molecule has 210 valence electrons. The topological polar surface area (TPSA) is 220 Å². The molecular formula is C26H33N5O8. The van der Waals surface area contributed by atoms with E-state index in [2.05, 4.69) is 5.32 Å². The first kappa shape index (κ1) is 28.1. The number of amides is 2. The predicted octanol–water partition coefficient (Wildman–Crippen LogP) is -1.12. The van der Waals surface area contributed by atoms with Crippen molar-refractivity contribution in [3.63, 3.8) is 0 Å². The van der Waals surface area contributed by atoms with Gasteiger partial charge in [0, 0.05) is 44.4 Å². The molecule has 13 heteroatoms. The van der Waals surface area contributed by atoms with E-state index in [4.69, 9.17) is 11.5 Å². The Hall–Kier alpha value is -3.94. The van der Waals surface area contributed by atoms with Gasteiger partial charge in [-0.15, -0.1) is 0 Å². The fraction of sp³-hybridized carbons (Fsp3) is 0.462. The molecule has 13 nitrogen and oxygen atoms in total. The Balaban J connectivity index is 1.96. The van der Waals surface area contributed by atoms with E-state index >= 15 is 0 Å². The summed E-state index contributed by atoms with van der Waals surface area (Å²) in [6, 6.07) is 0.382. The van der Waals surface area contributed by atoms with Crippen LogP contribution in [0.15, 0.2) is 28.7 Å². The molecule has 0 fully saturated rings. The van der Waals surface area contributed by atoms with Crippen molar-refractivity contribution in [2.24, 2.45) is 23.3 Å². The number of Topliss-reactive ketones (excluding diaryl/α,β-unsaturated/α-hetero) is 2. The number of nitrogens with zero attached hydrogens (tertiary/aromatic N) is 2. The zero-order valence-electron chi connectivity index (χ0n) is 22.1. The van der Waals surface area contributed by atoms with Crippen LogP contribution in [0.3, 0.4) is 0 Å². The van der Waals surface area contributed by atoms with Gasteiger partial charge < -0.3 is 42.1 Å². The normalized spacial score (nSPS) is 26.3. The first-order valence-electron chi connectivity index (χ1n) is 12.4. The molecule has 0 saturated carbocycles. The van der Waals surface area contributed by atoms with Gasteiger partial charge in [0.25, 0.3) is 11.8 Å². The molecule has 9 N–H and O–H groups in total. The number of aromatic hydroxyl groups is 1. The molecule has 0 spiro atoms. The lowest BCUT2D eigenvalue weighted by Gasteiger charge is -2.50. The number of allylic oxidation sites excluding steroid dienone is 1. The standard InChI is InChI=1S/C26H33N5O8/c1-30(2)14-9-12(25(38)29-6-5-27)19(32)16-11(14)7-10-8-13-18(31(3)4)21(34)17(24(28)37)23(36)26(13,39)22(35)15(10)20(16)33/h9-10,13,18,32,34-35,39H,5-8,27H2,1-4H3,(H2,28,37)(H,29,38)/t10-,13-,18-,26-/m0/s1. The number of nitrogens with one attached hydrogen (secondary N) is 1. The second kappa shape index (κ2) is 9.67. The van der Waals surface area contributed by atoms with Crippen LogP contribution in [0.1, 0.15) is 32.7 Å². The van der Waals surface area contributed by atoms with Crippen LogP contribution in [0.5, 0.6) is 5.75 Å². The summed E-state index contributed by atoms with van der Waals surface area (Å²) >= 11 is 0. The van der Waals surface area contributed by atoms with E-state index < -0.39 is 69.7 Å². The number of ketones is 2. The summed E-state index contributed by atoms with van der Waals surface area (Å²) in [7, 11) is 6.54. The van der Waals surface area contributed by atoms with Crippen molar-refractivity contribution >= 4 is 29.1 Å². The van der Waals surface area contributed by atoms with Crippen LogP contribution in [0.4, 0.5) is 5.69 Å². The highest BCUT2D eigenvalue weighted by Crippen LogP contribution is 2.53. The van der Waals surface area contributed by atoms with E-state index in [0.717, 1.165) is 0 Å². The second-order valence-electron chi connectivity index (χ2n) is 10.5. The molecule has 0 aliphatic heterocycles. The number of anilines is 1. The lowest BCUT2D eigenvalue weighted by atomic mass is 9.58. The number of aliphatic hydroxyl groups is 3. The number of likely N-dealkylation sites (N-methyl/N-ethyl adjacent to an activating group) is 1. The molecule has 0 unspecified atom stereocenters. The molecule has 0 heterocycles. The number of rotatable bonds is 6. The van der Waals surface area contributed by atoms with Crippen molar-refractivity contribution in [1.82, 2.24) is 10.2 Å². The van der Waals surface area contributed by atoms with Crippen molar-refractivity contribution in [3.05, 3.63) is 45.4 Å². The van der Waals surface area contributed by atoms with Crippen molar-refractivity contribution < 1.29 is 39.6 Å².